The van der Waals surface area contributed by atoms with Gasteiger partial charge in [0.2, 0.25) is 0 Å². The number of nitrogen functional groups attached to an aromatic ring is 1. The van der Waals surface area contributed by atoms with E-state index in [2.05, 4.69) is 37.7 Å². The smallest absolute Gasteiger partial charge is 0.164 e. The van der Waals surface area contributed by atoms with Crippen LogP contribution in [0.3, 0.4) is 0 Å². The first-order valence-corrected chi connectivity index (χ1v) is 7.14. The number of fused-ring (bicyclic) bond motifs is 1. The SMILES string of the molecule is Nc1ncnc2c1c(I)nn2[C@H]1CC[C@@H](N)CC1. The summed E-state index contributed by atoms with van der Waals surface area (Å²) in [6.45, 7) is 0. The molecule has 2 aromatic rings. The second-order valence-corrected chi connectivity index (χ2v) is 5.78. The molecule has 0 aliphatic heterocycles. The lowest BCUT2D eigenvalue weighted by molar-refractivity contribution is 0.309. The minimum absolute atomic E-state index is 0.335. The van der Waals surface area contributed by atoms with E-state index in [4.69, 9.17) is 11.5 Å². The molecule has 96 valence electrons. The summed E-state index contributed by atoms with van der Waals surface area (Å²) in [5, 5.41) is 5.45. The van der Waals surface area contributed by atoms with Crippen molar-refractivity contribution in [3.8, 4) is 0 Å². The predicted octanol–water partition coefficient (Wildman–Crippen LogP) is 1.46. The van der Waals surface area contributed by atoms with Gasteiger partial charge in [-0.2, -0.15) is 5.10 Å². The summed E-state index contributed by atoms with van der Waals surface area (Å²) in [7, 11) is 0. The Labute approximate surface area is 118 Å². The van der Waals surface area contributed by atoms with E-state index >= 15 is 0 Å². The Bertz CT molecular complexity index is 572. The second kappa shape index (κ2) is 4.61. The van der Waals surface area contributed by atoms with Gasteiger partial charge in [-0.1, -0.05) is 0 Å². The fourth-order valence-corrected chi connectivity index (χ4v) is 3.30. The molecule has 2 heterocycles. The van der Waals surface area contributed by atoms with Crippen molar-refractivity contribution in [3.63, 3.8) is 0 Å². The van der Waals surface area contributed by atoms with Crippen LogP contribution >= 0.6 is 22.6 Å². The lowest BCUT2D eigenvalue weighted by Crippen LogP contribution is -2.28. The average Bonchev–Trinajstić information content (AvgIpc) is 2.69. The number of nitrogens with zero attached hydrogens (tertiary/aromatic N) is 4. The number of halogens is 1. The molecule has 18 heavy (non-hydrogen) atoms. The summed E-state index contributed by atoms with van der Waals surface area (Å²) in [6.07, 6.45) is 5.70. The van der Waals surface area contributed by atoms with Crippen LogP contribution in [0.5, 0.6) is 0 Å². The summed E-state index contributed by atoms with van der Waals surface area (Å²) in [5.41, 5.74) is 12.7. The second-order valence-electron chi connectivity index (χ2n) is 4.76. The summed E-state index contributed by atoms with van der Waals surface area (Å²) in [6, 6.07) is 0.715. The third kappa shape index (κ3) is 1.95. The quantitative estimate of drug-likeness (QED) is 0.753. The molecule has 1 fully saturated rings. The van der Waals surface area contributed by atoms with Gasteiger partial charge >= 0.3 is 0 Å². The molecule has 0 spiro atoms. The topological polar surface area (TPSA) is 95.6 Å². The number of anilines is 1. The lowest BCUT2D eigenvalue weighted by Gasteiger charge is -2.26. The van der Waals surface area contributed by atoms with Crippen molar-refractivity contribution in [2.75, 3.05) is 5.73 Å². The van der Waals surface area contributed by atoms with Gasteiger partial charge in [0.25, 0.3) is 0 Å². The standard InChI is InChI=1S/C11H15IN6/c12-9-8-10(14)15-5-16-11(8)18(17-9)7-3-1-6(13)2-4-7/h5-7H,1-4,13H2,(H2,14,15,16)/t6-,7+. The zero-order chi connectivity index (χ0) is 12.7. The lowest BCUT2D eigenvalue weighted by atomic mass is 9.92. The Balaban J connectivity index is 2.05. The molecule has 0 atom stereocenters. The third-order valence-electron chi connectivity index (χ3n) is 3.56. The van der Waals surface area contributed by atoms with Gasteiger partial charge < -0.3 is 11.5 Å². The van der Waals surface area contributed by atoms with Crippen LogP contribution in [-0.4, -0.2) is 25.8 Å². The third-order valence-corrected chi connectivity index (χ3v) is 4.32. The number of aromatic nitrogens is 4. The van der Waals surface area contributed by atoms with Gasteiger partial charge in [-0.05, 0) is 48.3 Å². The van der Waals surface area contributed by atoms with E-state index in [0.717, 1.165) is 40.4 Å². The van der Waals surface area contributed by atoms with Crippen molar-refractivity contribution >= 4 is 39.4 Å². The molecule has 1 aliphatic rings. The molecular weight excluding hydrogens is 343 g/mol. The summed E-state index contributed by atoms with van der Waals surface area (Å²) < 4.78 is 2.87. The van der Waals surface area contributed by atoms with Gasteiger partial charge in [0.05, 0.1) is 11.4 Å². The first-order chi connectivity index (χ1) is 8.66. The Morgan fingerprint density at radius 3 is 2.67 bits per heavy atom. The maximum absolute atomic E-state index is 5.94. The predicted molar refractivity (Wildman–Crippen MR) is 77.9 cm³/mol. The van der Waals surface area contributed by atoms with Crippen molar-refractivity contribution in [3.05, 3.63) is 10.0 Å². The molecule has 0 radical (unpaired) electrons. The van der Waals surface area contributed by atoms with E-state index in [1.807, 2.05) is 4.68 Å². The normalized spacial score (nSPS) is 24.6. The van der Waals surface area contributed by atoms with E-state index in [-0.39, 0.29) is 0 Å². The van der Waals surface area contributed by atoms with Gasteiger partial charge in [0.1, 0.15) is 15.8 Å². The Kier molecular flexibility index (Phi) is 3.10. The fourth-order valence-electron chi connectivity index (χ4n) is 2.55. The van der Waals surface area contributed by atoms with Crippen LogP contribution < -0.4 is 11.5 Å². The molecule has 0 saturated heterocycles. The van der Waals surface area contributed by atoms with Crippen LogP contribution in [0.2, 0.25) is 0 Å². The molecule has 6 nitrogen and oxygen atoms in total. The summed E-state index contributed by atoms with van der Waals surface area (Å²) >= 11 is 2.19. The molecule has 0 unspecified atom stereocenters. The molecule has 4 N–H and O–H groups in total. The maximum Gasteiger partial charge on any atom is 0.164 e. The molecule has 0 amide bonds. The van der Waals surface area contributed by atoms with Gasteiger partial charge in [-0.15, -0.1) is 0 Å². The Morgan fingerprint density at radius 2 is 1.94 bits per heavy atom. The van der Waals surface area contributed by atoms with Crippen molar-refractivity contribution in [1.29, 1.82) is 0 Å². The molecule has 0 aromatic carbocycles. The molecule has 2 aromatic heterocycles. The van der Waals surface area contributed by atoms with E-state index in [1.54, 1.807) is 0 Å². The minimum Gasteiger partial charge on any atom is -0.383 e. The number of rotatable bonds is 1. The zero-order valence-electron chi connectivity index (χ0n) is 9.88. The van der Waals surface area contributed by atoms with Crippen LogP contribution in [0, 0.1) is 3.70 Å². The highest BCUT2D eigenvalue weighted by molar-refractivity contribution is 14.1. The molecule has 3 rings (SSSR count). The van der Waals surface area contributed by atoms with Crippen LogP contribution in [-0.2, 0) is 0 Å². The van der Waals surface area contributed by atoms with Crippen molar-refractivity contribution in [1.82, 2.24) is 19.7 Å². The monoisotopic (exact) mass is 358 g/mol. The van der Waals surface area contributed by atoms with Crippen LogP contribution in [0.15, 0.2) is 6.33 Å². The minimum atomic E-state index is 0.335. The van der Waals surface area contributed by atoms with E-state index in [0.29, 0.717) is 17.9 Å². The Hall–Kier alpha value is -0.960. The van der Waals surface area contributed by atoms with Gasteiger partial charge in [-0.25, -0.2) is 14.6 Å². The summed E-state index contributed by atoms with van der Waals surface area (Å²) in [4.78, 5) is 8.36. The van der Waals surface area contributed by atoms with Crippen molar-refractivity contribution in [2.45, 2.75) is 37.8 Å². The van der Waals surface area contributed by atoms with Gasteiger partial charge in [0, 0.05) is 6.04 Å². The fraction of sp³-hybridized carbons (Fsp3) is 0.545. The van der Waals surface area contributed by atoms with Crippen LogP contribution in [0.1, 0.15) is 31.7 Å². The van der Waals surface area contributed by atoms with Crippen LogP contribution in [0.4, 0.5) is 5.82 Å². The zero-order valence-corrected chi connectivity index (χ0v) is 12.0. The summed E-state index contributed by atoms with van der Waals surface area (Å²) in [5.74, 6) is 0.503. The van der Waals surface area contributed by atoms with E-state index in [9.17, 15) is 0 Å². The number of hydrogen-bond donors (Lipinski definition) is 2. The molecule has 1 aliphatic carbocycles. The highest BCUT2D eigenvalue weighted by Crippen LogP contribution is 2.32. The highest BCUT2D eigenvalue weighted by atomic mass is 127. The molecule has 7 heteroatoms. The van der Waals surface area contributed by atoms with E-state index < -0.39 is 0 Å². The van der Waals surface area contributed by atoms with Crippen molar-refractivity contribution < 1.29 is 0 Å². The number of hydrogen-bond acceptors (Lipinski definition) is 5. The van der Waals surface area contributed by atoms with Crippen molar-refractivity contribution in [2.24, 2.45) is 5.73 Å². The molecule has 0 bridgehead atoms. The maximum atomic E-state index is 5.94. The first-order valence-electron chi connectivity index (χ1n) is 6.06. The molecule has 1 saturated carbocycles. The first kappa shape index (κ1) is 12.1. The van der Waals surface area contributed by atoms with E-state index in [1.165, 1.54) is 6.33 Å². The average molecular weight is 358 g/mol. The number of nitrogens with two attached hydrogens (primary N) is 2. The largest absolute Gasteiger partial charge is 0.383 e. The molecular formula is C11H15IN6. The van der Waals surface area contributed by atoms with Gasteiger partial charge in [-0.3, -0.25) is 0 Å². The Morgan fingerprint density at radius 1 is 1.22 bits per heavy atom. The highest BCUT2D eigenvalue weighted by Gasteiger charge is 2.24. The van der Waals surface area contributed by atoms with Gasteiger partial charge in [0.15, 0.2) is 5.65 Å². The van der Waals surface area contributed by atoms with Crippen LogP contribution in [0.25, 0.3) is 11.0 Å².